The maximum absolute atomic E-state index is 5.54. The van der Waals surface area contributed by atoms with Crippen LogP contribution in [-0.2, 0) is 0 Å². The minimum Gasteiger partial charge on any atom is -0.496 e. The summed E-state index contributed by atoms with van der Waals surface area (Å²) in [5.41, 5.74) is 5.83. The molecule has 124 valence electrons. The molecule has 0 N–H and O–H groups in total. The second kappa shape index (κ2) is 6.30. The Morgan fingerprint density at radius 1 is 0.920 bits per heavy atom. The fraction of sp³-hybridized carbons (Fsp3) is 0.143. The van der Waals surface area contributed by atoms with Gasteiger partial charge in [0.2, 0.25) is 0 Å². The van der Waals surface area contributed by atoms with Crippen LogP contribution in [0, 0.1) is 13.8 Å². The lowest BCUT2D eigenvalue weighted by Gasteiger charge is -2.11. The van der Waals surface area contributed by atoms with Crippen molar-refractivity contribution in [3.8, 4) is 27.3 Å². The largest absolute Gasteiger partial charge is 0.496 e. The number of nitrogens with zero attached hydrogens (tertiary/aromatic N) is 2. The Morgan fingerprint density at radius 3 is 2.64 bits per heavy atom. The number of methoxy groups -OCH3 is 1. The SMILES string of the molecule is COc1cc(-c2sncc2-c2ccc3ccncc3c2)cc(C)c1C. The van der Waals surface area contributed by atoms with Gasteiger partial charge in [0.1, 0.15) is 5.75 Å². The number of hydrogen-bond donors (Lipinski definition) is 0. The average Bonchev–Trinajstić information content (AvgIpc) is 3.13. The Hall–Kier alpha value is -2.72. The van der Waals surface area contributed by atoms with E-state index >= 15 is 0 Å². The second-order valence-electron chi connectivity index (χ2n) is 6.13. The highest BCUT2D eigenvalue weighted by atomic mass is 32.1. The van der Waals surface area contributed by atoms with Crippen LogP contribution in [0.5, 0.6) is 5.75 Å². The molecule has 0 saturated carbocycles. The fourth-order valence-electron chi connectivity index (χ4n) is 3.08. The van der Waals surface area contributed by atoms with Crippen molar-refractivity contribution >= 4 is 22.3 Å². The lowest BCUT2D eigenvalue weighted by molar-refractivity contribution is 0.411. The van der Waals surface area contributed by atoms with Crippen molar-refractivity contribution in [1.29, 1.82) is 0 Å². The molecule has 0 aliphatic rings. The number of aryl methyl sites for hydroxylation is 1. The molecule has 3 nitrogen and oxygen atoms in total. The van der Waals surface area contributed by atoms with Crippen molar-refractivity contribution in [2.24, 2.45) is 0 Å². The van der Waals surface area contributed by atoms with Gasteiger partial charge in [0.15, 0.2) is 0 Å². The molecule has 0 radical (unpaired) electrons. The zero-order valence-electron chi connectivity index (χ0n) is 14.4. The van der Waals surface area contributed by atoms with Crippen molar-refractivity contribution < 1.29 is 4.74 Å². The standard InChI is InChI=1S/C21H18N2OS/c1-13-8-17(10-20(24-3)14(13)2)21-19(12-23-25-21)16-5-4-15-6-7-22-11-18(15)9-16/h4-12H,1-3H3. The molecule has 2 aromatic heterocycles. The third kappa shape index (κ3) is 2.79. The van der Waals surface area contributed by atoms with Crippen LogP contribution < -0.4 is 4.74 Å². The smallest absolute Gasteiger partial charge is 0.122 e. The van der Waals surface area contributed by atoms with Crippen LogP contribution in [0.3, 0.4) is 0 Å². The van der Waals surface area contributed by atoms with E-state index in [2.05, 4.69) is 53.5 Å². The van der Waals surface area contributed by atoms with Gasteiger partial charge in [0, 0.05) is 29.5 Å². The molecular formula is C21H18N2OS. The summed E-state index contributed by atoms with van der Waals surface area (Å²) < 4.78 is 9.99. The molecule has 0 atom stereocenters. The van der Waals surface area contributed by atoms with Gasteiger partial charge in [-0.15, -0.1) is 0 Å². The molecule has 25 heavy (non-hydrogen) atoms. The first-order chi connectivity index (χ1) is 12.2. The molecule has 4 rings (SSSR count). The van der Waals surface area contributed by atoms with Crippen LogP contribution in [0.1, 0.15) is 11.1 Å². The summed E-state index contributed by atoms with van der Waals surface area (Å²) >= 11 is 1.52. The summed E-state index contributed by atoms with van der Waals surface area (Å²) in [5, 5.41) is 2.33. The van der Waals surface area contributed by atoms with Crippen molar-refractivity contribution in [2.75, 3.05) is 7.11 Å². The van der Waals surface area contributed by atoms with Gasteiger partial charge in [-0.2, -0.15) is 4.37 Å². The van der Waals surface area contributed by atoms with Crippen LogP contribution in [0.25, 0.3) is 32.3 Å². The molecule has 0 saturated heterocycles. The lowest BCUT2D eigenvalue weighted by atomic mass is 9.98. The van der Waals surface area contributed by atoms with Crippen LogP contribution >= 0.6 is 11.5 Å². The fourth-order valence-corrected chi connectivity index (χ4v) is 3.83. The van der Waals surface area contributed by atoms with Crippen molar-refractivity contribution in [3.05, 3.63) is 66.1 Å². The van der Waals surface area contributed by atoms with E-state index < -0.39 is 0 Å². The van der Waals surface area contributed by atoms with Crippen molar-refractivity contribution in [1.82, 2.24) is 9.36 Å². The Bertz CT molecular complexity index is 1070. The summed E-state index contributed by atoms with van der Waals surface area (Å²) in [6.07, 6.45) is 5.66. The topological polar surface area (TPSA) is 35.0 Å². The van der Waals surface area contributed by atoms with Gasteiger partial charge < -0.3 is 4.74 Å². The van der Waals surface area contributed by atoms with E-state index in [-0.39, 0.29) is 0 Å². The predicted octanol–water partition coefficient (Wildman–Crippen LogP) is 5.65. The van der Waals surface area contributed by atoms with E-state index in [0.29, 0.717) is 0 Å². The summed E-state index contributed by atoms with van der Waals surface area (Å²) in [4.78, 5) is 5.39. The van der Waals surface area contributed by atoms with Gasteiger partial charge in [-0.3, -0.25) is 4.98 Å². The van der Waals surface area contributed by atoms with Gasteiger partial charge in [-0.25, -0.2) is 0 Å². The highest BCUT2D eigenvalue weighted by Gasteiger charge is 2.14. The maximum atomic E-state index is 5.54. The van der Waals surface area contributed by atoms with E-state index in [1.54, 1.807) is 7.11 Å². The highest BCUT2D eigenvalue weighted by molar-refractivity contribution is 7.10. The second-order valence-corrected chi connectivity index (χ2v) is 6.93. The van der Waals surface area contributed by atoms with Crippen LogP contribution in [0.15, 0.2) is 55.0 Å². The molecule has 2 aromatic carbocycles. The van der Waals surface area contributed by atoms with E-state index in [9.17, 15) is 0 Å². The molecule has 4 heteroatoms. The Balaban J connectivity index is 1.87. The molecule has 4 aromatic rings. The Kier molecular flexibility index (Phi) is 3.98. The van der Waals surface area contributed by atoms with Gasteiger partial charge in [-0.1, -0.05) is 18.2 Å². The molecule has 0 bridgehead atoms. The molecule has 0 aliphatic carbocycles. The monoisotopic (exact) mass is 346 g/mol. The number of ether oxygens (including phenoxy) is 1. The predicted molar refractivity (Wildman–Crippen MR) is 104 cm³/mol. The molecule has 0 spiro atoms. The minimum absolute atomic E-state index is 0.914. The number of benzene rings is 2. The van der Waals surface area contributed by atoms with E-state index in [4.69, 9.17) is 4.74 Å². The van der Waals surface area contributed by atoms with Crippen molar-refractivity contribution in [2.45, 2.75) is 13.8 Å². The summed E-state index contributed by atoms with van der Waals surface area (Å²) in [5.74, 6) is 0.914. The molecule has 0 fully saturated rings. The molecule has 2 heterocycles. The molecule has 0 aliphatic heterocycles. The number of rotatable bonds is 3. The minimum atomic E-state index is 0.914. The molecule has 0 amide bonds. The number of aromatic nitrogens is 2. The quantitative estimate of drug-likeness (QED) is 0.481. The Labute approximate surface area is 151 Å². The molecule has 0 unspecified atom stereocenters. The Morgan fingerprint density at radius 2 is 1.80 bits per heavy atom. The summed E-state index contributed by atoms with van der Waals surface area (Å²) in [6, 6.07) is 12.8. The normalized spacial score (nSPS) is 11.0. The first kappa shape index (κ1) is 15.8. The summed E-state index contributed by atoms with van der Waals surface area (Å²) in [6.45, 7) is 4.20. The lowest BCUT2D eigenvalue weighted by Crippen LogP contribution is -1.91. The zero-order chi connectivity index (χ0) is 17.4. The zero-order valence-corrected chi connectivity index (χ0v) is 15.2. The third-order valence-corrected chi connectivity index (χ3v) is 5.47. The first-order valence-electron chi connectivity index (χ1n) is 8.12. The summed E-state index contributed by atoms with van der Waals surface area (Å²) in [7, 11) is 1.72. The third-order valence-electron chi connectivity index (χ3n) is 4.62. The maximum Gasteiger partial charge on any atom is 0.122 e. The average molecular weight is 346 g/mol. The van der Waals surface area contributed by atoms with E-state index in [0.717, 1.165) is 32.7 Å². The van der Waals surface area contributed by atoms with Crippen LogP contribution in [0.2, 0.25) is 0 Å². The van der Waals surface area contributed by atoms with Gasteiger partial charge in [0.25, 0.3) is 0 Å². The first-order valence-corrected chi connectivity index (χ1v) is 8.89. The van der Waals surface area contributed by atoms with Crippen LogP contribution in [0.4, 0.5) is 0 Å². The number of pyridine rings is 1. The van der Waals surface area contributed by atoms with Gasteiger partial charge >= 0.3 is 0 Å². The van der Waals surface area contributed by atoms with Gasteiger partial charge in [-0.05, 0) is 71.2 Å². The van der Waals surface area contributed by atoms with Crippen molar-refractivity contribution in [3.63, 3.8) is 0 Å². The van der Waals surface area contributed by atoms with Gasteiger partial charge in [0.05, 0.1) is 12.0 Å². The van der Waals surface area contributed by atoms with E-state index in [1.165, 1.54) is 28.0 Å². The van der Waals surface area contributed by atoms with E-state index in [1.807, 2.05) is 24.7 Å². The number of hydrogen-bond acceptors (Lipinski definition) is 4. The highest BCUT2D eigenvalue weighted by Crippen LogP contribution is 2.39. The number of fused-ring (bicyclic) bond motifs is 1. The van der Waals surface area contributed by atoms with Crippen LogP contribution in [-0.4, -0.2) is 16.5 Å². The molecular weight excluding hydrogens is 328 g/mol.